The van der Waals surface area contributed by atoms with Crippen molar-refractivity contribution in [1.29, 1.82) is 5.26 Å². The fourth-order valence-electron chi connectivity index (χ4n) is 4.09. The van der Waals surface area contributed by atoms with Crippen molar-refractivity contribution >= 4 is 17.4 Å². The highest BCUT2D eigenvalue weighted by atomic mass is 32.2. The summed E-state index contributed by atoms with van der Waals surface area (Å²) < 4.78 is 7.83. The van der Waals surface area contributed by atoms with Crippen LogP contribution in [-0.2, 0) is 6.61 Å². The highest BCUT2D eigenvalue weighted by Crippen LogP contribution is 2.37. The van der Waals surface area contributed by atoms with Crippen molar-refractivity contribution in [3.63, 3.8) is 0 Å². The summed E-state index contributed by atoms with van der Waals surface area (Å²) in [7, 11) is 0. The molecule has 1 fully saturated rings. The maximum Gasteiger partial charge on any atom is 0.173 e. The zero-order valence-electron chi connectivity index (χ0n) is 19.1. The first kappa shape index (κ1) is 22.9. The minimum Gasteiger partial charge on any atom is -0.489 e. The Morgan fingerprint density at radius 2 is 1.76 bits per heavy atom. The molecule has 2 aromatic heterocycles. The molecule has 2 aromatic carbocycles. The molecule has 0 N–H and O–H groups in total. The first-order valence-corrected chi connectivity index (χ1v) is 12.6. The van der Waals surface area contributed by atoms with E-state index in [-0.39, 0.29) is 0 Å². The van der Waals surface area contributed by atoms with Gasteiger partial charge in [0.1, 0.15) is 24.0 Å². The third-order valence-electron chi connectivity index (χ3n) is 5.71. The molecular formula is C27H28N4OS. The summed E-state index contributed by atoms with van der Waals surface area (Å²) in [5, 5.41) is 13.9. The second kappa shape index (κ2) is 11.0. The van der Waals surface area contributed by atoms with E-state index in [0.717, 1.165) is 52.5 Å². The largest absolute Gasteiger partial charge is 0.489 e. The summed E-state index contributed by atoms with van der Waals surface area (Å²) in [5.74, 6) is 3.53. The number of hydrogen-bond donors (Lipinski definition) is 0. The average molecular weight is 457 g/mol. The van der Waals surface area contributed by atoms with Gasteiger partial charge < -0.3 is 4.74 Å². The number of nitriles is 1. The quantitative estimate of drug-likeness (QED) is 0.344. The summed E-state index contributed by atoms with van der Waals surface area (Å²) in [4.78, 5) is 4.58. The second-order valence-electron chi connectivity index (χ2n) is 7.65. The van der Waals surface area contributed by atoms with Crippen molar-refractivity contribution in [2.24, 2.45) is 0 Å². The molecule has 0 amide bonds. The molecule has 0 spiro atoms. The normalized spacial score (nSPS) is 13.7. The van der Waals surface area contributed by atoms with E-state index in [1.807, 2.05) is 66.7 Å². The van der Waals surface area contributed by atoms with Crippen LogP contribution >= 0.6 is 11.8 Å². The second-order valence-corrected chi connectivity index (χ2v) is 8.87. The number of hydrogen-bond acceptors (Lipinski definition) is 5. The van der Waals surface area contributed by atoms with Crippen molar-refractivity contribution in [2.75, 3.05) is 11.5 Å². The number of ether oxygens (including phenoxy) is 1. The zero-order chi connectivity index (χ0) is 23.0. The summed E-state index contributed by atoms with van der Waals surface area (Å²) in [6, 6.07) is 20.5. The van der Waals surface area contributed by atoms with Crippen molar-refractivity contribution in [1.82, 2.24) is 14.6 Å². The molecular weight excluding hydrogens is 428 g/mol. The molecule has 33 heavy (non-hydrogen) atoms. The lowest BCUT2D eigenvalue weighted by Gasteiger charge is -2.24. The van der Waals surface area contributed by atoms with E-state index in [9.17, 15) is 5.26 Å². The van der Waals surface area contributed by atoms with Gasteiger partial charge in [0.15, 0.2) is 5.65 Å². The Morgan fingerprint density at radius 3 is 2.45 bits per heavy atom. The number of benzene rings is 2. The van der Waals surface area contributed by atoms with Gasteiger partial charge in [-0.2, -0.15) is 22.1 Å². The van der Waals surface area contributed by atoms with Gasteiger partial charge in [-0.25, -0.2) is 9.50 Å². The smallest absolute Gasteiger partial charge is 0.173 e. The van der Waals surface area contributed by atoms with Crippen molar-refractivity contribution in [3.05, 3.63) is 83.8 Å². The molecule has 3 heterocycles. The molecule has 4 aromatic rings. The topological polar surface area (TPSA) is 63.2 Å². The summed E-state index contributed by atoms with van der Waals surface area (Å²) in [6.07, 6.45) is 5.73. The van der Waals surface area contributed by atoms with E-state index in [0.29, 0.717) is 23.7 Å². The molecule has 1 aliphatic rings. The van der Waals surface area contributed by atoms with Gasteiger partial charge in [0.25, 0.3) is 0 Å². The molecule has 5 nitrogen and oxygen atoms in total. The summed E-state index contributed by atoms with van der Waals surface area (Å²) in [5.41, 5.74) is 5.62. The molecule has 168 valence electrons. The Bertz CT molecular complexity index is 1220. The molecule has 1 aliphatic heterocycles. The monoisotopic (exact) mass is 456 g/mol. The van der Waals surface area contributed by atoms with E-state index >= 15 is 0 Å². The van der Waals surface area contributed by atoms with Crippen LogP contribution in [0.3, 0.4) is 0 Å². The van der Waals surface area contributed by atoms with Crippen LogP contribution in [0.1, 0.15) is 49.4 Å². The molecule has 0 radical (unpaired) electrons. The number of rotatable bonds is 5. The molecule has 0 atom stereocenters. The molecule has 0 saturated carbocycles. The maximum atomic E-state index is 9.41. The van der Waals surface area contributed by atoms with Crippen LogP contribution < -0.4 is 4.74 Å². The third kappa shape index (κ3) is 5.04. The predicted octanol–water partition coefficient (Wildman–Crippen LogP) is 6.48. The molecule has 0 aliphatic carbocycles. The highest BCUT2D eigenvalue weighted by Gasteiger charge is 2.24. The Labute approximate surface area is 199 Å². The minimum atomic E-state index is 0.405. The minimum absolute atomic E-state index is 0.405. The lowest BCUT2D eigenvalue weighted by molar-refractivity contribution is 0.306. The van der Waals surface area contributed by atoms with E-state index in [1.165, 1.54) is 0 Å². The number of thioether (sulfide) groups is 1. The fraction of sp³-hybridized carbons (Fsp3) is 0.296. The average Bonchev–Trinajstić information content (AvgIpc) is 3.33. The van der Waals surface area contributed by atoms with Crippen LogP contribution in [0.2, 0.25) is 0 Å². The van der Waals surface area contributed by atoms with Gasteiger partial charge in [-0.15, -0.1) is 0 Å². The van der Waals surface area contributed by atoms with E-state index in [4.69, 9.17) is 4.74 Å². The van der Waals surface area contributed by atoms with Crippen LogP contribution in [0, 0.1) is 11.3 Å². The first-order valence-electron chi connectivity index (χ1n) is 11.4. The van der Waals surface area contributed by atoms with Crippen LogP contribution in [0.4, 0.5) is 0 Å². The number of aromatic nitrogens is 3. The highest BCUT2D eigenvalue weighted by molar-refractivity contribution is 7.99. The van der Waals surface area contributed by atoms with E-state index in [1.54, 1.807) is 6.20 Å². The molecule has 5 rings (SSSR count). The van der Waals surface area contributed by atoms with E-state index in [2.05, 4.69) is 40.4 Å². The van der Waals surface area contributed by atoms with Gasteiger partial charge in [-0.05, 0) is 47.6 Å². The van der Waals surface area contributed by atoms with E-state index < -0.39 is 0 Å². The fourth-order valence-corrected chi connectivity index (χ4v) is 5.19. The molecule has 6 heteroatoms. The van der Waals surface area contributed by atoms with Gasteiger partial charge >= 0.3 is 0 Å². The lowest BCUT2D eigenvalue weighted by atomic mass is 9.92. The number of fused-ring (bicyclic) bond motifs is 1. The Kier molecular flexibility index (Phi) is 7.64. The van der Waals surface area contributed by atoms with Crippen LogP contribution in [-0.4, -0.2) is 26.1 Å². The van der Waals surface area contributed by atoms with Crippen LogP contribution in [0.25, 0.3) is 16.8 Å². The lowest BCUT2D eigenvalue weighted by Crippen LogP contribution is -2.14. The number of nitrogens with zero attached hydrogens (tertiary/aromatic N) is 4. The molecule has 0 bridgehead atoms. The van der Waals surface area contributed by atoms with Gasteiger partial charge in [-0.1, -0.05) is 56.3 Å². The van der Waals surface area contributed by atoms with Crippen LogP contribution in [0.15, 0.2) is 67.0 Å². The van der Waals surface area contributed by atoms with Gasteiger partial charge in [0.05, 0.1) is 11.9 Å². The standard InChI is InChI=1S/C25H22N4OS.C2H6/c26-14-21-15-28-29-24(20-10-12-31-13-11-20)23(16-27-25(21)29)19-6-8-22(9-7-19)30-17-18-4-2-1-3-5-18;1-2/h1-9,15-16,20H,10-13,17H2;1-2H3. The summed E-state index contributed by atoms with van der Waals surface area (Å²) in [6.45, 7) is 4.54. The SMILES string of the molecule is CC.N#Cc1cnn2c(C3CCSCC3)c(-c3ccc(OCc4ccccc4)cc3)cnc12. The Hall–Kier alpha value is -3.30. The van der Waals surface area contributed by atoms with Gasteiger partial charge in [-0.3, -0.25) is 0 Å². The Morgan fingerprint density at radius 1 is 1.03 bits per heavy atom. The van der Waals surface area contributed by atoms with Crippen LogP contribution in [0.5, 0.6) is 5.75 Å². The van der Waals surface area contributed by atoms with Crippen molar-refractivity contribution < 1.29 is 4.74 Å². The van der Waals surface area contributed by atoms with Crippen molar-refractivity contribution in [2.45, 2.75) is 39.2 Å². The summed E-state index contributed by atoms with van der Waals surface area (Å²) >= 11 is 2.00. The first-order chi connectivity index (χ1) is 16.3. The third-order valence-corrected chi connectivity index (χ3v) is 6.75. The van der Waals surface area contributed by atoms with Crippen molar-refractivity contribution in [3.8, 4) is 22.9 Å². The van der Waals surface area contributed by atoms with Gasteiger partial charge in [0, 0.05) is 17.7 Å². The predicted molar refractivity (Wildman–Crippen MR) is 135 cm³/mol. The van der Waals surface area contributed by atoms with Gasteiger partial charge in [0.2, 0.25) is 0 Å². The molecule has 0 unspecified atom stereocenters. The maximum absolute atomic E-state index is 9.41. The molecule has 1 saturated heterocycles. The Balaban J connectivity index is 0.00000126. The zero-order valence-corrected chi connectivity index (χ0v) is 19.9.